The van der Waals surface area contributed by atoms with Crippen molar-refractivity contribution in [2.75, 3.05) is 11.3 Å². The molecule has 0 unspecified atom stereocenters. The summed E-state index contributed by atoms with van der Waals surface area (Å²) in [7, 11) is -7.84. The third kappa shape index (κ3) is 5.71. The normalized spacial score (nSPS) is 12.1. The summed E-state index contributed by atoms with van der Waals surface area (Å²) in [5.41, 5.74) is 0. The zero-order chi connectivity index (χ0) is 9.12. The lowest BCUT2D eigenvalue weighted by Gasteiger charge is -1.91. The monoisotopic (exact) mass is 199 g/mol. The summed E-state index contributed by atoms with van der Waals surface area (Å²) in [6.45, 7) is 0. The lowest BCUT2D eigenvalue weighted by molar-refractivity contribution is 0.564. The summed E-state index contributed by atoms with van der Waals surface area (Å²) in [6.07, 6.45) is 1.48. The van der Waals surface area contributed by atoms with E-state index in [4.69, 9.17) is 0 Å². The Morgan fingerprint density at radius 1 is 1.27 bits per heavy atom. The molecule has 0 aliphatic rings. The number of hydrogen-bond donors (Lipinski definition) is 0. The van der Waals surface area contributed by atoms with Crippen LogP contribution in [0.25, 0.3) is 0 Å². The SMILES string of the molecule is CS(=O)(=O)CS(=O)(=O)N=C=O. The number of isocyanates is 1. The summed E-state index contributed by atoms with van der Waals surface area (Å²) in [6, 6.07) is 0. The minimum Gasteiger partial charge on any atom is -0.228 e. The molecule has 0 aromatic carbocycles. The molecular formula is C3H5NO5S2. The van der Waals surface area contributed by atoms with E-state index in [2.05, 4.69) is 4.40 Å². The van der Waals surface area contributed by atoms with Crippen LogP contribution in [-0.2, 0) is 24.7 Å². The Balaban J connectivity index is 4.81. The van der Waals surface area contributed by atoms with Gasteiger partial charge in [-0.3, -0.25) is 0 Å². The minimum atomic E-state index is -4.18. The maximum Gasteiger partial charge on any atom is 0.277 e. The van der Waals surface area contributed by atoms with Crippen LogP contribution in [0.4, 0.5) is 0 Å². The number of nitrogens with zero attached hydrogens (tertiary/aromatic N) is 1. The first-order valence-corrected chi connectivity index (χ1v) is 5.93. The molecule has 0 rings (SSSR count). The summed E-state index contributed by atoms with van der Waals surface area (Å²) in [4.78, 5) is 9.44. The van der Waals surface area contributed by atoms with Crippen molar-refractivity contribution in [3.63, 3.8) is 0 Å². The number of hydrogen-bond acceptors (Lipinski definition) is 5. The van der Waals surface area contributed by atoms with E-state index in [1.807, 2.05) is 0 Å². The Kier molecular flexibility index (Phi) is 2.92. The highest BCUT2D eigenvalue weighted by atomic mass is 32.3. The first kappa shape index (κ1) is 10.3. The van der Waals surface area contributed by atoms with Gasteiger partial charge in [0.15, 0.2) is 14.9 Å². The quantitative estimate of drug-likeness (QED) is 0.413. The molecule has 0 bridgehead atoms. The first-order valence-electron chi connectivity index (χ1n) is 2.26. The van der Waals surface area contributed by atoms with E-state index in [0.717, 1.165) is 12.3 Å². The molecular weight excluding hydrogens is 194 g/mol. The van der Waals surface area contributed by atoms with Crippen molar-refractivity contribution >= 4 is 25.9 Å². The molecule has 0 aliphatic carbocycles. The van der Waals surface area contributed by atoms with Crippen molar-refractivity contribution < 1.29 is 21.6 Å². The highest BCUT2D eigenvalue weighted by molar-refractivity contribution is 8.07. The van der Waals surface area contributed by atoms with E-state index >= 15 is 0 Å². The Labute approximate surface area is 63.9 Å². The summed E-state index contributed by atoms with van der Waals surface area (Å²) in [5, 5.41) is -1.16. The third-order valence-corrected chi connectivity index (χ3v) is 3.80. The fourth-order valence-corrected chi connectivity index (χ4v) is 2.84. The van der Waals surface area contributed by atoms with Gasteiger partial charge in [0.1, 0.15) is 0 Å². The number of sulfonamides is 1. The highest BCUT2D eigenvalue weighted by Crippen LogP contribution is 1.95. The first-order chi connectivity index (χ1) is 4.77. The van der Waals surface area contributed by atoms with E-state index in [-0.39, 0.29) is 0 Å². The van der Waals surface area contributed by atoms with Crippen LogP contribution in [0.2, 0.25) is 0 Å². The second-order valence-corrected chi connectivity index (χ2v) is 5.95. The average molecular weight is 199 g/mol. The van der Waals surface area contributed by atoms with Crippen molar-refractivity contribution in [1.82, 2.24) is 0 Å². The van der Waals surface area contributed by atoms with Gasteiger partial charge in [0.25, 0.3) is 16.1 Å². The predicted octanol–water partition coefficient (Wildman–Crippen LogP) is -1.35. The number of rotatable bonds is 3. The van der Waals surface area contributed by atoms with Crippen molar-refractivity contribution in [2.24, 2.45) is 4.40 Å². The smallest absolute Gasteiger partial charge is 0.228 e. The molecule has 11 heavy (non-hydrogen) atoms. The third-order valence-electron chi connectivity index (χ3n) is 0.539. The Bertz CT molecular complexity index is 370. The van der Waals surface area contributed by atoms with Crippen molar-refractivity contribution in [3.8, 4) is 0 Å². The molecule has 64 valence electrons. The molecule has 0 saturated carbocycles. The van der Waals surface area contributed by atoms with Crippen LogP contribution in [0, 0.1) is 0 Å². The van der Waals surface area contributed by atoms with Gasteiger partial charge in [-0.15, -0.1) is 0 Å². The molecule has 0 fully saturated rings. The van der Waals surface area contributed by atoms with Gasteiger partial charge in [-0.1, -0.05) is 4.40 Å². The Morgan fingerprint density at radius 2 is 1.73 bits per heavy atom. The molecule has 0 heterocycles. The molecule has 0 radical (unpaired) electrons. The van der Waals surface area contributed by atoms with Crippen LogP contribution in [0.15, 0.2) is 4.40 Å². The minimum absolute atomic E-state index is 0.727. The standard InChI is InChI=1S/C3H5NO5S2/c1-10(6,7)3-11(8,9)4-2-5/h3H2,1H3. The van der Waals surface area contributed by atoms with Crippen LogP contribution >= 0.6 is 0 Å². The lowest BCUT2D eigenvalue weighted by Crippen LogP contribution is -2.12. The zero-order valence-electron chi connectivity index (χ0n) is 5.51. The molecule has 0 aliphatic heterocycles. The van der Waals surface area contributed by atoms with Gasteiger partial charge < -0.3 is 0 Å². The summed E-state index contributed by atoms with van der Waals surface area (Å²) >= 11 is 0. The summed E-state index contributed by atoms with van der Waals surface area (Å²) < 4.78 is 43.9. The second-order valence-electron chi connectivity index (χ2n) is 1.81. The molecule has 6 nitrogen and oxygen atoms in total. The van der Waals surface area contributed by atoms with E-state index in [1.54, 1.807) is 0 Å². The molecule has 0 spiro atoms. The van der Waals surface area contributed by atoms with Gasteiger partial charge in [0, 0.05) is 6.26 Å². The van der Waals surface area contributed by atoms with Gasteiger partial charge in [0.05, 0.1) is 0 Å². The number of sulfone groups is 1. The van der Waals surface area contributed by atoms with E-state index in [9.17, 15) is 21.6 Å². The number of carbonyl (C=O) groups excluding carboxylic acids is 1. The van der Waals surface area contributed by atoms with Crippen LogP contribution in [0.3, 0.4) is 0 Å². The molecule has 0 amide bonds. The van der Waals surface area contributed by atoms with Gasteiger partial charge in [-0.2, -0.15) is 0 Å². The van der Waals surface area contributed by atoms with Gasteiger partial charge in [0.2, 0.25) is 0 Å². The predicted molar refractivity (Wildman–Crippen MR) is 36.8 cm³/mol. The van der Waals surface area contributed by atoms with Gasteiger partial charge in [-0.05, 0) is 0 Å². The fourth-order valence-electron chi connectivity index (χ4n) is 0.354. The van der Waals surface area contributed by atoms with Crippen LogP contribution < -0.4 is 0 Å². The van der Waals surface area contributed by atoms with Crippen LogP contribution in [0.1, 0.15) is 0 Å². The van der Waals surface area contributed by atoms with Crippen LogP contribution in [-0.4, -0.2) is 34.3 Å². The van der Waals surface area contributed by atoms with Crippen molar-refractivity contribution in [2.45, 2.75) is 0 Å². The van der Waals surface area contributed by atoms with Crippen LogP contribution in [0.5, 0.6) is 0 Å². The zero-order valence-corrected chi connectivity index (χ0v) is 7.15. The fraction of sp³-hybridized carbons (Fsp3) is 0.667. The maximum absolute atomic E-state index is 10.4. The van der Waals surface area contributed by atoms with E-state index in [1.165, 1.54) is 0 Å². The lowest BCUT2D eigenvalue weighted by atomic mass is 11.7. The van der Waals surface area contributed by atoms with Gasteiger partial charge >= 0.3 is 0 Å². The largest absolute Gasteiger partial charge is 0.277 e. The maximum atomic E-state index is 10.4. The molecule has 0 saturated heterocycles. The second kappa shape index (κ2) is 3.12. The molecule has 0 aromatic heterocycles. The van der Waals surface area contributed by atoms with E-state index < -0.39 is 24.9 Å². The molecule has 0 N–H and O–H groups in total. The topological polar surface area (TPSA) is 97.7 Å². The van der Waals surface area contributed by atoms with Gasteiger partial charge in [-0.25, -0.2) is 21.6 Å². The van der Waals surface area contributed by atoms with Crippen molar-refractivity contribution in [1.29, 1.82) is 0 Å². The highest BCUT2D eigenvalue weighted by Gasteiger charge is 2.16. The average Bonchev–Trinajstić information content (AvgIpc) is 1.55. The molecule has 8 heteroatoms. The Morgan fingerprint density at radius 3 is 2.00 bits per heavy atom. The summed E-state index contributed by atoms with van der Waals surface area (Å²) in [5.74, 6) is 0. The van der Waals surface area contributed by atoms with E-state index in [0.29, 0.717) is 0 Å². The Hall–Kier alpha value is -0.720. The molecule has 0 aromatic rings. The molecule has 0 atom stereocenters. The van der Waals surface area contributed by atoms with Crippen molar-refractivity contribution in [3.05, 3.63) is 0 Å².